The summed E-state index contributed by atoms with van der Waals surface area (Å²) in [4.78, 5) is 8.70. The fraction of sp³-hybridized carbons (Fsp3) is 0.333. The molecule has 2 aromatic rings. The lowest BCUT2D eigenvalue weighted by molar-refractivity contribution is 0.513. The smallest absolute Gasteiger partial charge is 0.191 e. The van der Waals surface area contributed by atoms with E-state index >= 15 is 0 Å². The van der Waals surface area contributed by atoms with Crippen molar-refractivity contribution in [2.45, 2.75) is 11.6 Å². The molecule has 0 unspecified atom stereocenters. The molecule has 6 heteroatoms. The third kappa shape index (κ3) is 3.40. The molecule has 18 heavy (non-hydrogen) atoms. The maximum Gasteiger partial charge on any atom is 0.191 e. The van der Waals surface area contributed by atoms with E-state index in [4.69, 9.17) is 4.42 Å². The van der Waals surface area contributed by atoms with Crippen molar-refractivity contribution in [1.29, 1.82) is 0 Å². The van der Waals surface area contributed by atoms with Crippen LogP contribution < -0.4 is 10.6 Å². The zero-order valence-corrected chi connectivity index (χ0v) is 11.3. The maximum absolute atomic E-state index is 5.27. The monoisotopic (exact) mass is 264 g/mol. The summed E-state index contributed by atoms with van der Waals surface area (Å²) in [6, 6.07) is 5.75. The van der Waals surface area contributed by atoms with Gasteiger partial charge < -0.3 is 15.1 Å². The summed E-state index contributed by atoms with van der Waals surface area (Å²) in [5.41, 5.74) is 0. The Bertz CT molecular complexity index is 465. The molecule has 0 saturated heterocycles. The first kappa shape index (κ1) is 12.8. The van der Waals surface area contributed by atoms with Crippen LogP contribution in [-0.4, -0.2) is 29.8 Å². The number of anilines is 2. The van der Waals surface area contributed by atoms with Gasteiger partial charge in [0.15, 0.2) is 5.16 Å². The van der Waals surface area contributed by atoms with Gasteiger partial charge >= 0.3 is 0 Å². The predicted octanol–water partition coefficient (Wildman–Crippen LogP) is 2.49. The summed E-state index contributed by atoms with van der Waals surface area (Å²) >= 11 is 1.52. The van der Waals surface area contributed by atoms with E-state index in [1.165, 1.54) is 11.8 Å². The minimum absolute atomic E-state index is 0.752. The lowest BCUT2D eigenvalue weighted by Gasteiger charge is -2.08. The van der Waals surface area contributed by atoms with Crippen LogP contribution in [0.4, 0.5) is 11.6 Å². The van der Waals surface area contributed by atoms with Gasteiger partial charge in [0.2, 0.25) is 0 Å². The minimum Gasteiger partial charge on any atom is -0.469 e. The molecule has 0 fully saturated rings. The summed E-state index contributed by atoms with van der Waals surface area (Å²) in [5, 5.41) is 7.04. The number of thioether (sulfide) groups is 1. The van der Waals surface area contributed by atoms with Crippen molar-refractivity contribution in [1.82, 2.24) is 9.97 Å². The highest BCUT2D eigenvalue weighted by molar-refractivity contribution is 7.98. The topological polar surface area (TPSA) is 63.0 Å². The molecule has 0 aliphatic carbocycles. The molecule has 0 amide bonds. The highest BCUT2D eigenvalue weighted by Crippen LogP contribution is 2.16. The first-order valence-corrected chi connectivity index (χ1v) is 6.91. The van der Waals surface area contributed by atoms with Crippen molar-refractivity contribution in [2.75, 3.05) is 30.5 Å². The second kappa shape index (κ2) is 6.30. The second-order valence-corrected chi connectivity index (χ2v) is 4.40. The van der Waals surface area contributed by atoms with Gasteiger partial charge in [-0.25, -0.2) is 9.97 Å². The van der Waals surface area contributed by atoms with E-state index in [2.05, 4.69) is 20.6 Å². The van der Waals surface area contributed by atoms with Crippen LogP contribution in [0.25, 0.3) is 0 Å². The Morgan fingerprint density at radius 3 is 2.83 bits per heavy atom. The van der Waals surface area contributed by atoms with Crippen LogP contribution in [0.3, 0.4) is 0 Å². The first-order chi connectivity index (χ1) is 8.81. The van der Waals surface area contributed by atoms with Crippen LogP contribution in [0.5, 0.6) is 0 Å². The molecule has 0 aliphatic heterocycles. The lowest BCUT2D eigenvalue weighted by Crippen LogP contribution is -2.07. The number of rotatable bonds is 6. The van der Waals surface area contributed by atoms with E-state index in [1.807, 2.05) is 31.5 Å². The molecule has 0 radical (unpaired) electrons. The maximum atomic E-state index is 5.27. The van der Waals surface area contributed by atoms with Crippen molar-refractivity contribution in [3.05, 3.63) is 30.2 Å². The van der Waals surface area contributed by atoms with Crippen molar-refractivity contribution in [3.63, 3.8) is 0 Å². The highest BCUT2D eigenvalue weighted by atomic mass is 32.2. The fourth-order valence-corrected chi connectivity index (χ4v) is 1.88. The van der Waals surface area contributed by atoms with E-state index in [1.54, 1.807) is 6.26 Å². The Kier molecular flexibility index (Phi) is 4.46. The Labute approximate surface area is 110 Å². The molecule has 2 aromatic heterocycles. The van der Waals surface area contributed by atoms with E-state index in [0.29, 0.717) is 0 Å². The standard InChI is InChI=1S/C12H16N4OS/c1-13-10-8-11(16-12(15-10)18-2)14-6-5-9-4-3-7-17-9/h3-4,7-8H,5-6H2,1-2H3,(H2,13,14,15,16). The molecule has 0 spiro atoms. The van der Waals surface area contributed by atoms with Gasteiger partial charge in [0, 0.05) is 26.1 Å². The molecule has 96 valence electrons. The van der Waals surface area contributed by atoms with Crippen molar-refractivity contribution < 1.29 is 4.42 Å². The molecule has 5 nitrogen and oxygen atoms in total. The summed E-state index contributed by atoms with van der Waals surface area (Å²) in [6.45, 7) is 0.779. The Balaban J connectivity index is 1.95. The predicted molar refractivity (Wildman–Crippen MR) is 74.3 cm³/mol. The van der Waals surface area contributed by atoms with Crippen LogP contribution >= 0.6 is 11.8 Å². The van der Waals surface area contributed by atoms with E-state index in [9.17, 15) is 0 Å². The fourth-order valence-electron chi connectivity index (χ4n) is 1.50. The lowest BCUT2D eigenvalue weighted by atomic mass is 10.3. The quantitative estimate of drug-likeness (QED) is 0.617. The van der Waals surface area contributed by atoms with Crippen LogP contribution in [0.15, 0.2) is 34.0 Å². The summed E-state index contributed by atoms with van der Waals surface area (Å²) in [5.74, 6) is 2.61. The SMILES string of the molecule is CNc1cc(NCCc2ccco2)nc(SC)n1. The van der Waals surface area contributed by atoms with Gasteiger partial charge in [-0.1, -0.05) is 11.8 Å². The van der Waals surface area contributed by atoms with Crippen molar-refractivity contribution in [2.24, 2.45) is 0 Å². The zero-order chi connectivity index (χ0) is 12.8. The van der Waals surface area contributed by atoms with Crippen molar-refractivity contribution >= 4 is 23.4 Å². The number of nitrogens with one attached hydrogen (secondary N) is 2. The molecule has 0 aromatic carbocycles. The average Bonchev–Trinajstić information content (AvgIpc) is 2.91. The van der Waals surface area contributed by atoms with E-state index in [0.717, 1.165) is 35.5 Å². The normalized spacial score (nSPS) is 10.3. The second-order valence-electron chi connectivity index (χ2n) is 3.63. The van der Waals surface area contributed by atoms with Gasteiger partial charge in [0.25, 0.3) is 0 Å². The van der Waals surface area contributed by atoms with E-state index < -0.39 is 0 Å². The van der Waals surface area contributed by atoms with Gasteiger partial charge in [-0.05, 0) is 18.4 Å². The van der Waals surface area contributed by atoms with Crippen LogP contribution in [0.1, 0.15) is 5.76 Å². The zero-order valence-electron chi connectivity index (χ0n) is 10.4. The molecule has 0 aliphatic rings. The first-order valence-electron chi connectivity index (χ1n) is 5.69. The summed E-state index contributed by atoms with van der Waals surface area (Å²) in [6.07, 6.45) is 4.48. The number of furan rings is 1. The molecule has 2 N–H and O–H groups in total. The van der Waals surface area contributed by atoms with Crippen LogP contribution in [0, 0.1) is 0 Å². The third-order valence-electron chi connectivity index (χ3n) is 2.40. The third-order valence-corrected chi connectivity index (χ3v) is 2.95. The van der Waals surface area contributed by atoms with E-state index in [-0.39, 0.29) is 0 Å². The van der Waals surface area contributed by atoms with Crippen LogP contribution in [-0.2, 0) is 6.42 Å². The largest absolute Gasteiger partial charge is 0.469 e. The molecule has 2 heterocycles. The van der Waals surface area contributed by atoms with Gasteiger partial charge in [-0.3, -0.25) is 0 Å². The van der Waals surface area contributed by atoms with Gasteiger partial charge in [0.05, 0.1) is 6.26 Å². The molecule has 2 rings (SSSR count). The minimum atomic E-state index is 0.752. The van der Waals surface area contributed by atoms with Crippen LogP contribution in [0.2, 0.25) is 0 Å². The Morgan fingerprint density at radius 1 is 1.33 bits per heavy atom. The van der Waals surface area contributed by atoms with Gasteiger partial charge in [0.1, 0.15) is 17.4 Å². The number of hydrogen-bond donors (Lipinski definition) is 2. The highest BCUT2D eigenvalue weighted by Gasteiger charge is 2.03. The molecular weight excluding hydrogens is 248 g/mol. The number of nitrogens with zero attached hydrogens (tertiary/aromatic N) is 2. The molecular formula is C12H16N4OS. The Hall–Kier alpha value is -1.69. The molecule has 0 bridgehead atoms. The molecule has 0 saturated carbocycles. The van der Waals surface area contributed by atoms with Gasteiger partial charge in [-0.2, -0.15) is 0 Å². The summed E-state index contributed by atoms with van der Waals surface area (Å²) < 4.78 is 5.27. The average molecular weight is 264 g/mol. The number of hydrogen-bond acceptors (Lipinski definition) is 6. The summed E-state index contributed by atoms with van der Waals surface area (Å²) in [7, 11) is 1.85. The number of aromatic nitrogens is 2. The Morgan fingerprint density at radius 2 is 2.17 bits per heavy atom. The van der Waals surface area contributed by atoms with Gasteiger partial charge in [-0.15, -0.1) is 0 Å². The molecule has 0 atom stereocenters. The van der Waals surface area contributed by atoms with Crippen molar-refractivity contribution in [3.8, 4) is 0 Å².